The van der Waals surface area contributed by atoms with E-state index in [4.69, 9.17) is 21.1 Å². The molecular weight excluding hydrogens is 458 g/mol. The summed E-state index contributed by atoms with van der Waals surface area (Å²) in [7, 11) is 1.75. The summed E-state index contributed by atoms with van der Waals surface area (Å²) in [6.07, 6.45) is 0.950. The molecule has 2 heterocycles. The maximum Gasteiger partial charge on any atom is 0.257 e. The number of fused-ring (bicyclic) bond motifs is 2. The molecule has 0 radical (unpaired) electrons. The molecule has 4 rings (SSSR count). The second kappa shape index (κ2) is 10.4. The summed E-state index contributed by atoms with van der Waals surface area (Å²) in [6.45, 7) is 2.03. The van der Waals surface area contributed by atoms with Crippen molar-refractivity contribution in [2.24, 2.45) is 0 Å². The van der Waals surface area contributed by atoms with Crippen LogP contribution >= 0.6 is 11.6 Å². The highest BCUT2D eigenvalue weighted by Gasteiger charge is 2.39. The Labute approximate surface area is 203 Å². The maximum absolute atomic E-state index is 13.2. The summed E-state index contributed by atoms with van der Waals surface area (Å²) in [5.74, 6) is -0.0883. The molecule has 180 valence electrons. The van der Waals surface area contributed by atoms with Gasteiger partial charge in [-0.2, -0.15) is 0 Å². The predicted molar refractivity (Wildman–Crippen MR) is 128 cm³/mol. The zero-order valence-corrected chi connectivity index (χ0v) is 19.9. The highest BCUT2D eigenvalue weighted by molar-refractivity contribution is 6.31. The second-order valence-corrected chi connectivity index (χ2v) is 9.04. The van der Waals surface area contributed by atoms with Gasteiger partial charge >= 0.3 is 0 Å². The van der Waals surface area contributed by atoms with Gasteiger partial charge in [-0.05, 0) is 42.7 Å². The number of rotatable bonds is 5. The van der Waals surface area contributed by atoms with Crippen LogP contribution in [0.2, 0.25) is 5.02 Å². The van der Waals surface area contributed by atoms with Crippen molar-refractivity contribution < 1.29 is 23.9 Å². The van der Waals surface area contributed by atoms with E-state index in [9.17, 15) is 14.4 Å². The van der Waals surface area contributed by atoms with E-state index in [2.05, 4.69) is 10.6 Å². The molecule has 1 saturated heterocycles. The van der Waals surface area contributed by atoms with Crippen LogP contribution < -0.4 is 15.4 Å². The quantitative estimate of drug-likeness (QED) is 0.676. The van der Waals surface area contributed by atoms with Crippen LogP contribution in [0.3, 0.4) is 0 Å². The molecule has 0 unspecified atom stereocenters. The van der Waals surface area contributed by atoms with E-state index >= 15 is 0 Å². The lowest BCUT2D eigenvalue weighted by atomic mass is 9.94. The first-order valence-electron chi connectivity index (χ1n) is 11.3. The molecule has 0 aliphatic carbocycles. The molecule has 34 heavy (non-hydrogen) atoms. The van der Waals surface area contributed by atoms with E-state index in [0.717, 1.165) is 5.56 Å². The summed E-state index contributed by atoms with van der Waals surface area (Å²) in [5, 5.41) is 6.21. The number of ether oxygens (including phenoxy) is 2. The summed E-state index contributed by atoms with van der Waals surface area (Å²) in [4.78, 5) is 38.8. The third-order valence-corrected chi connectivity index (χ3v) is 6.55. The molecular formula is C25H28ClN3O5. The number of carbonyl (C=O) groups excluding carboxylic acids is 3. The normalized spacial score (nSPS) is 21.9. The van der Waals surface area contributed by atoms with Gasteiger partial charge in [0.1, 0.15) is 18.5 Å². The van der Waals surface area contributed by atoms with Crippen LogP contribution in [-0.4, -0.2) is 54.5 Å². The number of hydrogen-bond acceptors (Lipinski definition) is 5. The van der Waals surface area contributed by atoms with Crippen molar-refractivity contribution in [3.63, 3.8) is 0 Å². The van der Waals surface area contributed by atoms with Crippen molar-refractivity contribution in [3.8, 4) is 5.75 Å². The van der Waals surface area contributed by atoms with E-state index < -0.39 is 0 Å². The number of halogens is 1. The van der Waals surface area contributed by atoms with E-state index in [-0.39, 0.29) is 49.0 Å². The molecule has 3 atom stereocenters. The van der Waals surface area contributed by atoms with E-state index in [0.29, 0.717) is 41.4 Å². The number of hydrogen-bond donors (Lipinski definition) is 2. The Kier molecular flexibility index (Phi) is 7.38. The fourth-order valence-electron chi connectivity index (χ4n) is 4.42. The predicted octanol–water partition coefficient (Wildman–Crippen LogP) is 3.39. The monoisotopic (exact) mass is 485 g/mol. The first kappa shape index (κ1) is 24.0. The molecule has 0 aromatic heterocycles. The number of benzene rings is 2. The third-order valence-electron chi connectivity index (χ3n) is 6.18. The van der Waals surface area contributed by atoms with Gasteiger partial charge in [0.2, 0.25) is 11.8 Å². The van der Waals surface area contributed by atoms with Gasteiger partial charge in [-0.15, -0.1) is 0 Å². The number of amides is 3. The second-order valence-electron chi connectivity index (χ2n) is 8.63. The zero-order valence-electron chi connectivity index (χ0n) is 19.2. The van der Waals surface area contributed by atoms with E-state index in [1.54, 1.807) is 36.2 Å². The van der Waals surface area contributed by atoms with Crippen molar-refractivity contribution in [2.75, 3.05) is 19.0 Å². The Hall–Kier alpha value is -3.10. The average Bonchev–Trinajstić information content (AvgIpc) is 2.81. The van der Waals surface area contributed by atoms with Gasteiger partial charge in [0.05, 0.1) is 24.1 Å². The Bertz CT molecular complexity index is 1090. The Morgan fingerprint density at radius 1 is 1.18 bits per heavy atom. The molecule has 2 aliphatic rings. The maximum atomic E-state index is 13.2. The van der Waals surface area contributed by atoms with Gasteiger partial charge in [0.25, 0.3) is 5.91 Å². The van der Waals surface area contributed by atoms with Crippen molar-refractivity contribution in [2.45, 2.75) is 51.0 Å². The number of likely N-dealkylation sites (N-methyl/N-ethyl adjacent to an activating group) is 1. The zero-order chi connectivity index (χ0) is 24.2. The highest BCUT2D eigenvalue weighted by Crippen LogP contribution is 2.32. The molecule has 0 spiro atoms. The minimum Gasteiger partial charge on any atom is -0.490 e. The molecule has 0 bridgehead atoms. The smallest absolute Gasteiger partial charge is 0.257 e. The topological polar surface area (TPSA) is 97.0 Å². The third kappa shape index (κ3) is 5.51. The average molecular weight is 486 g/mol. The lowest BCUT2D eigenvalue weighted by molar-refractivity contribution is -0.134. The lowest BCUT2D eigenvalue weighted by Gasteiger charge is -2.42. The molecule has 0 saturated carbocycles. The molecule has 1 fully saturated rings. The van der Waals surface area contributed by atoms with Gasteiger partial charge in [0.15, 0.2) is 0 Å². The van der Waals surface area contributed by atoms with E-state index in [1.807, 2.05) is 18.2 Å². The fraction of sp³-hybridized carbons (Fsp3) is 0.400. The largest absolute Gasteiger partial charge is 0.490 e. The molecule has 8 nitrogen and oxygen atoms in total. The SMILES string of the molecule is CC(=O)Nc1ccc2c(c1)C(=O)N(C)[C@H]1CC[C@H](CC(=O)NCc3ccccc3Cl)O[C@H]1CO2. The van der Waals surface area contributed by atoms with Gasteiger partial charge in [-0.1, -0.05) is 29.8 Å². The van der Waals surface area contributed by atoms with Crippen LogP contribution in [0.4, 0.5) is 5.69 Å². The Morgan fingerprint density at radius 3 is 2.74 bits per heavy atom. The Morgan fingerprint density at radius 2 is 1.97 bits per heavy atom. The van der Waals surface area contributed by atoms with Crippen LogP contribution in [-0.2, 0) is 20.9 Å². The number of nitrogens with zero attached hydrogens (tertiary/aromatic N) is 1. The number of anilines is 1. The first-order chi connectivity index (χ1) is 16.3. The summed E-state index contributed by atoms with van der Waals surface area (Å²) >= 11 is 6.16. The Balaban J connectivity index is 1.39. The lowest BCUT2D eigenvalue weighted by Crippen LogP contribution is -2.53. The van der Waals surface area contributed by atoms with Crippen LogP contribution in [0.25, 0.3) is 0 Å². The van der Waals surface area contributed by atoms with Crippen molar-refractivity contribution >= 4 is 35.0 Å². The molecule has 2 aliphatic heterocycles. The number of carbonyl (C=O) groups is 3. The minimum atomic E-state index is -0.354. The van der Waals surface area contributed by atoms with Crippen LogP contribution in [0.15, 0.2) is 42.5 Å². The van der Waals surface area contributed by atoms with Gasteiger partial charge in [-0.25, -0.2) is 0 Å². The van der Waals surface area contributed by atoms with Crippen LogP contribution in [0.1, 0.15) is 42.1 Å². The molecule has 2 aromatic rings. The highest BCUT2D eigenvalue weighted by atomic mass is 35.5. The summed E-state index contributed by atoms with van der Waals surface area (Å²) in [5.41, 5.74) is 1.79. The van der Waals surface area contributed by atoms with Gasteiger partial charge < -0.3 is 25.0 Å². The molecule has 2 aromatic carbocycles. The van der Waals surface area contributed by atoms with Crippen molar-refractivity contribution in [1.29, 1.82) is 0 Å². The summed E-state index contributed by atoms with van der Waals surface area (Å²) in [6, 6.07) is 12.2. The van der Waals surface area contributed by atoms with Gasteiger partial charge in [-0.3, -0.25) is 14.4 Å². The van der Waals surface area contributed by atoms with E-state index in [1.165, 1.54) is 6.92 Å². The molecule has 9 heteroatoms. The fourth-order valence-corrected chi connectivity index (χ4v) is 4.63. The standard InChI is InChI=1S/C25H28ClN3O5/c1-15(30)28-17-7-10-22-19(11-17)25(32)29(2)21-9-8-18(34-23(21)14-33-22)12-24(31)27-13-16-5-3-4-6-20(16)26/h3-7,10-11,18,21,23H,8-9,12-14H2,1-2H3,(H,27,31)(H,28,30)/t18-,21+,23+/m1/s1. The van der Waals surface area contributed by atoms with Crippen LogP contribution in [0.5, 0.6) is 5.75 Å². The number of nitrogens with one attached hydrogen (secondary N) is 2. The molecule has 2 N–H and O–H groups in total. The summed E-state index contributed by atoms with van der Waals surface area (Å²) < 4.78 is 12.2. The van der Waals surface area contributed by atoms with Crippen molar-refractivity contribution in [1.82, 2.24) is 10.2 Å². The minimum absolute atomic E-state index is 0.115. The van der Waals surface area contributed by atoms with Crippen LogP contribution in [0, 0.1) is 0 Å². The first-order valence-corrected chi connectivity index (χ1v) is 11.7. The molecule has 3 amide bonds. The van der Waals surface area contributed by atoms with Crippen molar-refractivity contribution in [3.05, 3.63) is 58.6 Å². The van der Waals surface area contributed by atoms with Gasteiger partial charge in [0, 0.05) is 31.2 Å².